The van der Waals surface area contributed by atoms with Gasteiger partial charge in [0.15, 0.2) is 0 Å². The molecule has 1 aliphatic heterocycles. The van der Waals surface area contributed by atoms with Gasteiger partial charge in [0, 0.05) is 39.0 Å². The number of carbonyl (C=O) groups excluding carboxylic acids is 1. The Morgan fingerprint density at radius 2 is 2.19 bits per heavy atom. The minimum absolute atomic E-state index is 0.111. The van der Waals surface area contributed by atoms with Gasteiger partial charge < -0.3 is 14.9 Å². The van der Waals surface area contributed by atoms with E-state index in [1.54, 1.807) is 43.8 Å². The predicted octanol–water partition coefficient (Wildman–Crippen LogP) is 1.65. The number of aliphatic hydroxyl groups is 1. The molecule has 2 aromatic rings. The molecule has 138 valence electrons. The zero-order chi connectivity index (χ0) is 18.6. The van der Waals surface area contributed by atoms with Crippen molar-refractivity contribution in [3.63, 3.8) is 0 Å². The monoisotopic (exact) mass is 358 g/mol. The van der Waals surface area contributed by atoms with E-state index < -0.39 is 5.60 Å². The first-order valence-corrected chi connectivity index (χ1v) is 8.68. The molecule has 2 heterocycles. The SMILES string of the molecule is CN(CC1(O)CCN(c2cnccn2)C1)C(=O)CCc1ccccc1F. The number of nitrogens with zero attached hydrogens (tertiary/aromatic N) is 4. The first kappa shape index (κ1) is 18.3. The van der Waals surface area contributed by atoms with Gasteiger partial charge in [-0.15, -0.1) is 0 Å². The third kappa shape index (κ3) is 4.35. The molecule has 6 nitrogen and oxygen atoms in total. The second-order valence-electron chi connectivity index (χ2n) is 6.80. The largest absolute Gasteiger partial charge is 0.386 e. The van der Waals surface area contributed by atoms with Crippen molar-refractivity contribution < 1.29 is 14.3 Å². The molecule has 1 aromatic heterocycles. The van der Waals surface area contributed by atoms with Crippen molar-refractivity contribution >= 4 is 11.7 Å². The highest BCUT2D eigenvalue weighted by molar-refractivity contribution is 5.76. The van der Waals surface area contributed by atoms with E-state index in [9.17, 15) is 14.3 Å². The van der Waals surface area contributed by atoms with Crippen molar-refractivity contribution in [2.75, 3.05) is 31.6 Å². The Kier molecular flexibility index (Phi) is 5.46. The number of aryl methyl sites for hydroxylation is 1. The third-order valence-electron chi connectivity index (χ3n) is 4.73. The van der Waals surface area contributed by atoms with Crippen molar-refractivity contribution in [1.82, 2.24) is 14.9 Å². The van der Waals surface area contributed by atoms with E-state index >= 15 is 0 Å². The minimum Gasteiger partial charge on any atom is -0.386 e. The first-order valence-electron chi connectivity index (χ1n) is 8.68. The van der Waals surface area contributed by atoms with Crippen molar-refractivity contribution in [2.24, 2.45) is 0 Å². The molecule has 1 N–H and O–H groups in total. The van der Waals surface area contributed by atoms with Crippen molar-refractivity contribution in [1.29, 1.82) is 0 Å². The zero-order valence-electron chi connectivity index (χ0n) is 14.8. The Morgan fingerprint density at radius 1 is 1.38 bits per heavy atom. The van der Waals surface area contributed by atoms with Gasteiger partial charge in [-0.3, -0.25) is 9.78 Å². The van der Waals surface area contributed by atoms with Crippen LogP contribution in [-0.4, -0.2) is 58.2 Å². The lowest BCUT2D eigenvalue weighted by atomic mass is 10.0. The highest BCUT2D eigenvalue weighted by Gasteiger charge is 2.38. The van der Waals surface area contributed by atoms with Crippen LogP contribution in [0.25, 0.3) is 0 Å². The molecule has 0 aliphatic carbocycles. The molecular weight excluding hydrogens is 335 g/mol. The van der Waals surface area contributed by atoms with E-state index in [0.717, 1.165) is 5.82 Å². The van der Waals surface area contributed by atoms with E-state index in [1.807, 2.05) is 4.90 Å². The van der Waals surface area contributed by atoms with Crippen molar-refractivity contribution in [2.45, 2.75) is 24.9 Å². The van der Waals surface area contributed by atoms with Crippen LogP contribution in [0.5, 0.6) is 0 Å². The van der Waals surface area contributed by atoms with E-state index in [0.29, 0.717) is 31.5 Å². The second kappa shape index (κ2) is 7.78. The number of β-amino-alcohol motifs (C(OH)–C–C–N with tert-alkyl or cyclic N) is 1. The summed E-state index contributed by atoms with van der Waals surface area (Å²) in [6.07, 6.45) is 5.99. The summed E-state index contributed by atoms with van der Waals surface area (Å²) in [7, 11) is 1.67. The Hall–Kier alpha value is -2.54. The number of hydrogen-bond acceptors (Lipinski definition) is 5. The van der Waals surface area contributed by atoms with E-state index in [2.05, 4.69) is 9.97 Å². The average molecular weight is 358 g/mol. The lowest BCUT2D eigenvalue weighted by Gasteiger charge is -2.29. The van der Waals surface area contributed by atoms with Gasteiger partial charge in [0.25, 0.3) is 0 Å². The molecule has 7 heteroatoms. The maximum atomic E-state index is 13.7. The number of halogens is 1. The maximum Gasteiger partial charge on any atom is 0.222 e. The van der Waals surface area contributed by atoms with Crippen LogP contribution in [0.15, 0.2) is 42.9 Å². The van der Waals surface area contributed by atoms with Crippen molar-refractivity contribution in [3.8, 4) is 0 Å². The van der Waals surface area contributed by atoms with Crippen LogP contribution in [0.2, 0.25) is 0 Å². The number of hydrogen-bond donors (Lipinski definition) is 1. The van der Waals surface area contributed by atoms with Crippen LogP contribution in [-0.2, 0) is 11.2 Å². The maximum absolute atomic E-state index is 13.7. The molecule has 1 unspecified atom stereocenters. The van der Waals surface area contributed by atoms with Gasteiger partial charge >= 0.3 is 0 Å². The number of rotatable bonds is 6. The van der Waals surface area contributed by atoms with Crippen LogP contribution in [0.3, 0.4) is 0 Å². The quantitative estimate of drug-likeness (QED) is 0.850. The molecule has 0 bridgehead atoms. The van der Waals surface area contributed by atoms with Crippen LogP contribution >= 0.6 is 0 Å². The molecular formula is C19H23FN4O2. The standard InChI is InChI=1S/C19H23FN4O2/c1-23(18(25)7-6-15-4-2-3-5-16(15)20)13-19(26)8-11-24(14-19)17-12-21-9-10-22-17/h2-5,9-10,12,26H,6-8,11,13-14H2,1H3. The van der Waals surface area contributed by atoms with Crippen LogP contribution in [0.1, 0.15) is 18.4 Å². The fourth-order valence-electron chi connectivity index (χ4n) is 3.30. The summed E-state index contributed by atoms with van der Waals surface area (Å²) in [5.41, 5.74) is -0.456. The number of carbonyl (C=O) groups is 1. The number of likely N-dealkylation sites (N-methyl/N-ethyl adjacent to an activating group) is 1. The van der Waals surface area contributed by atoms with Gasteiger partial charge in [0.05, 0.1) is 12.7 Å². The normalized spacial score (nSPS) is 19.6. The van der Waals surface area contributed by atoms with Crippen LogP contribution < -0.4 is 4.90 Å². The zero-order valence-corrected chi connectivity index (χ0v) is 14.8. The summed E-state index contributed by atoms with van der Waals surface area (Å²) in [5, 5.41) is 10.8. The lowest BCUT2D eigenvalue weighted by molar-refractivity contribution is -0.132. The Bertz CT molecular complexity index is 758. The summed E-state index contributed by atoms with van der Waals surface area (Å²) in [5.74, 6) is 0.313. The van der Waals surface area contributed by atoms with Gasteiger partial charge in [-0.1, -0.05) is 18.2 Å². The fourth-order valence-corrected chi connectivity index (χ4v) is 3.30. The highest BCUT2D eigenvalue weighted by atomic mass is 19.1. The van der Waals surface area contributed by atoms with Gasteiger partial charge in [0.2, 0.25) is 5.91 Å². The van der Waals surface area contributed by atoms with Gasteiger partial charge in [-0.2, -0.15) is 0 Å². The molecule has 26 heavy (non-hydrogen) atoms. The van der Waals surface area contributed by atoms with Gasteiger partial charge in [0.1, 0.15) is 17.2 Å². The Labute approximate surface area is 152 Å². The van der Waals surface area contributed by atoms with Crippen molar-refractivity contribution in [3.05, 3.63) is 54.2 Å². The van der Waals surface area contributed by atoms with E-state index in [-0.39, 0.29) is 24.7 Å². The molecule has 1 fully saturated rings. The average Bonchev–Trinajstić information content (AvgIpc) is 3.03. The Morgan fingerprint density at radius 3 is 2.92 bits per heavy atom. The number of anilines is 1. The molecule has 3 rings (SSSR count). The smallest absolute Gasteiger partial charge is 0.222 e. The second-order valence-corrected chi connectivity index (χ2v) is 6.80. The summed E-state index contributed by atoms with van der Waals surface area (Å²) in [6, 6.07) is 6.47. The number of aromatic nitrogens is 2. The van der Waals surface area contributed by atoms with E-state index in [1.165, 1.54) is 11.0 Å². The first-order chi connectivity index (χ1) is 12.5. The molecule has 0 saturated carbocycles. The fraction of sp³-hybridized carbons (Fsp3) is 0.421. The molecule has 1 aromatic carbocycles. The minimum atomic E-state index is -0.986. The molecule has 1 saturated heterocycles. The summed E-state index contributed by atoms with van der Waals surface area (Å²) < 4.78 is 13.7. The summed E-state index contributed by atoms with van der Waals surface area (Å²) >= 11 is 0. The van der Waals surface area contributed by atoms with E-state index in [4.69, 9.17) is 0 Å². The summed E-state index contributed by atoms with van der Waals surface area (Å²) in [4.78, 5) is 24.2. The van der Waals surface area contributed by atoms with Gasteiger partial charge in [-0.25, -0.2) is 9.37 Å². The summed E-state index contributed by atoms with van der Waals surface area (Å²) in [6.45, 7) is 1.29. The van der Waals surface area contributed by atoms with Crippen LogP contribution in [0, 0.1) is 5.82 Å². The molecule has 1 aliphatic rings. The highest BCUT2D eigenvalue weighted by Crippen LogP contribution is 2.26. The Balaban J connectivity index is 1.53. The van der Waals surface area contributed by atoms with Crippen LogP contribution in [0.4, 0.5) is 10.2 Å². The molecule has 1 atom stereocenters. The molecule has 0 radical (unpaired) electrons. The lowest BCUT2D eigenvalue weighted by Crippen LogP contribution is -2.46. The molecule has 1 amide bonds. The van der Waals surface area contributed by atoms with Gasteiger partial charge in [-0.05, 0) is 24.5 Å². The molecule has 0 spiro atoms. The number of benzene rings is 1. The number of amides is 1. The topological polar surface area (TPSA) is 69.6 Å². The third-order valence-corrected chi connectivity index (χ3v) is 4.73. The predicted molar refractivity (Wildman–Crippen MR) is 96.2 cm³/mol.